The van der Waals surface area contributed by atoms with Gasteiger partial charge in [-0.05, 0) is 61.7 Å². The van der Waals surface area contributed by atoms with Gasteiger partial charge in [-0.15, -0.1) is 11.8 Å². The molecular formula is C22H24FNO4S. The highest BCUT2D eigenvalue weighted by atomic mass is 32.2. The Morgan fingerprint density at radius 1 is 1.21 bits per heavy atom. The maximum atomic E-state index is 13.6. The zero-order chi connectivity index (χ0) is 20.8. The molecule has 1 atom stereocenters. The Balaban J connectivity index is 1.49. The molecule has 29 heavy (non-hydrogen) atoms. The SMILES string of the molecule is COc1cc(C(C)=O)ccc1OCCCC(=O)N[C@H]1CCSc2ccc(F)cc21. The first kappa shape index (κ1) is 21.2. The fourth-order valence-corrected chi connectivity index (χ4v) is 4.31. The van der Waals surface area contributed by atoms with Crippen LogP contribution in [-0.4, -0.2) is 31.2 Å². The molecule has 0 bridgehead atoms. The molecule has 2 aromatic carbocycles. The smallest absolute Gasteiger partial charge is 0.220 e. The van der Waals surface area contributed by atoms with Gasteiger partial charge in [-0.1, -0.05) is 0 Å². The first-order chi connectivity index (χ1) is 14.0. The van der Waals surface area contributed by atoms with Gasteiger partial charge in [0.2, 0.25) is 5.91 Å². The Hall–Kier alpha value is -2.54. The number of fused-ring (bicyclic) bond motifs is 1. The van der Waals surface area contributed by atoms with Crippen molar-refractivity contribution < 1.29 is 23.5 Å². The minimum Gasteiger partial charge on any atom is -0.493 e. The second kappa shape index (κ2) is 9.78. The van der Waals surface area contributed by atoms with E-state index in [9.17, 15) is 14.0 Å². The third-order valence-electron chi connectivity index (χ3n) is 4.72. The molecule has 0 fully saturated rings. The van der Waals surface area contributed by atoms with Crippen molar-refractivity contribution in [2.24, 2.45) is 0 Å². The minimum absolute atomic E-state index is 0.0471. The van der Waals surface area contributed by atoms with E-state index in [-0.39, 0.29) is 23.5 Å². The molecule has 1 heterocycles. The van der Waals surface area contributed by atoms with Crippen molar-refractivity contribution >= 4 is 23.5 Å². The molecule has 0 radical (unpaired) electrons. The van der Waals surface area contributed by atoms with Crippen LogP contribution in [0.15, 0.2) is 41.3 Å². The minimum atomic E-state index is -0.288. The van der Waals surface area contributed by atoms with Crippen molar-refractivity contribution in [3.8, 4) is 11.5 Å². The number of thioether (sulfide) groups is 1. The summed E-state index contributed by atoms with van der Waals surface area (Å²) in [5.41, 5.74) is 1.40. The summed E-state index contributed by atoms with van der Waals surface area (Å²) in [6.07, 6.45) is 1.62. The highest BCUT2D eigenvalue weighted by molar-refractivity contribution is 7.99. The number of nitrogens with one attached hydrogen (secondary N) is 1. The Morgan fingerprint density at radius 2 is 2.03 bits per heavy atom. The molecule has 5 nitrogen and oxygen atoms in total. The van der Waals surface area contributed by atoms with Crippen LogP contribution in [0.4, 0.5) is 4.39 Å². The van der Waals surface area contributed by atoms with Gasteiger partial charge >= 0.3 is 0 Å². The molecule has 2 aromatic rings. The number of methoxy groups -OCH3 is 1. The predicted octanol–water partition coefficient (Wildman–Crippen LogP) is 4.55. The summed E-state index contributed by atoms with van der Waals surface area (Å²) in [6.45, 7) is 1.83. The van der Waals surface area contributed by atoms with Crippen LogP contribution in [0.1, 0.15) is 48.1 Å². The van der Waals surface area contributed by atoms with E-state index in [1.54, 1.807) is 36.0 Å². The molecule has 0 unspecified atom stereocenters. The van der Waals surface area contributed by atoms with E-state index >= 15 is 0 Å². The van der Waals surface area contributed by atoms with E-state index in [1.807, 2.05) is 0 Å². The number of amides is 1. The molecule has 1 amide bonds. The number of rotatable bonds is 8. The van der Waals surface area contributed by atoms with Gasteiger partial charge < -0.3 is 14.8 Å². The van der Waals surface area contributed by atoms with Crippen LogP contribution in [0.2, 0.25) is 0 Å². The number of benzene rings is 2. The Kier molecular flexibility index (Phi) is 7.14. The average Bonchev–Trinajstić information content (AvgIpc) is 2.71. The molecule has 154 valence electrons. The number of halogens is 1. The maximum Gasteiger partial charge on any atom is 0.220 e. The highest BCUT2D eigenvalue weighted by Gasteiger charge is 2.22. The number of ketones is 1. The van der Waals surface area contributed by atoms with Crippen LogP contribution in [0, 0.1) is 5.82 Å². The molecule has 1 N–H and O–H groups in total. The number of ether oxygens (including phenoxy) is 2. The molecule has 0 saturated heterocycles. The van der Waals surface area contributed by atoms with E-state index in [0.29, 0.717) is 36.5 Å². The second-order valence-electron chi connectivity index (χ2n) is 6.81. The first-order valence-electron chi connectivity index (χ1n) is 9.51. The van der Waals surface area contributed by atoms with Gasteiger partial charge in [0, 0.05) is 22.6 Å². The van der Waals surface area contributed by atoms with Crippen LogP contribution < -0.4 is 14.8 Å². The number of hydrogen-bond donors (Lipinski definition) is 1. The molecular weight excluding hydrogens is 393 g/mol. The van der Waals surface area contributed by atoms with Gasteiger partial charge in [-0.25, -0.2) is 4.39 Å². The third-order valence-corrected chi connectivity index (χ3v) is 5.85. The molecule has 3 rings (SSSR count). The van der Waals surface area contributed by atoms with Gasteiger partial charge in [0.05, 0.1) is 19.8 Å². The quantitative estimate of drug-likeness (QED) is 0.504. The fourth-order valence-electron chi connectivity index (χ4n) is 3.20. The van der Waals surface area contributed by atoms with Crippen molar-refractivity contribution in [2.75, 3.05) is 19.5 Å². The van der Waals surface area contributed by atoms with Crippen molar-refractivity contribution in [2.45, 2.75) is 37.1 Å². The monoisotopic (exact) mass is 417 g/mol. The van der Waals surface area contributed by atoms with Crippen LogP contribution in [0.5, 0.6) is 11.5 Å². The lowest BCUT2D eigenvalue weighted by Crippen LogP contribution is -2.30. The van der Waals surface area contributed by atoms with E-state index in [1.165, 1.54) is 26.2 Å². The zero-order valence-corrected chi connectivity index (χ0v) is 17.3. The van der Waals surface area contributed by atoms with Crippen molar-refractivity contribution in [1.82, 2.24) is 5.32 Å². The highest BCUT2D eigenvalue weighted by Crippen LogP contribution is 2.36. The van der Waals surface area contributed by atoms with Gasteiger partial charge in [0.15, 0.2) is 17.3 Å². The predicted molar refractivity (Wildman–Crippen MR) is 110 cm³/mol. The normalized spacial score (nSPS) is 15.3. The lowest BCUT2D eigenvalue weighted by Gasteiger charge is -2.26. The van der Waals surface area contributed by atoms with Crippen molar-refractivity contribution in [3.63, 3.8) is 0 Å². The summed E-state index contributed by atoms with van der Waals surface area (Å²) in [5.74, 6) is 1.49. The summed E-state index contributed by atoms with van der Waals surface area (Å²) >= 11 is 1.68. The van der Waals surface area contributed by atoms with Gasteiger partial charge in [-0.2, -0.15) is 0 Å². The van der Waals surface area contributed by atoms with Gasteiger partial charge in [0.1, 0.15) is 5.82 Å². The third kappa shape index (κ3) is 5.50. The molecule has 0 aromatic heterocycles. The van der Waals surface area contributed by atoms with Crippen LogP contribution in [0.3, 0.4) is 0 Å². The number of hydrogen-bond acceptors (Lipinski definition) is 5. The summed E-state index contributed by atoms with van der Waals surface area (Å²) < 4.78 is 24.6. The summed E-state index contributed by atoms with van der Waals surface area (Å²) in [4.78, 5) is 24.8. The lowest BCUT2D eigenvalue weighted by atomic mass is 10.0. The summed E-state index contributed by atoms with van der Waals surface area (Å²) in [5, 5.41) is 3.01. The van der Waals surface area contributed by atoms with Gasteiger partial charge in [0.25, 0.3) is 0 Å². The molecule has 0 saturated carbocycles. The first-order valence-corrected chi connectivity index (χ1v) is 10.5. The Labute approximate surface area is 174 Å². The Bertz CT molecular complexity index is 902. The largest absolute Gasteiger partial charge is 0.493 e. The number of Topliss-reactive ketones (excluding diaryl/α,β-unsaturated/α-hetero) is 1. The molecule has 0 spiro atoms. The fraction of sp³-hybridized carbons (Fsp3) is 0.364. The van der Waals surface area contributed by atoms with Crippen LogP contribution in [0.25, 0.3) is 0 Å². The Morgan fingerprint density at radius 3 is 2.79 bits per heavy atom. The standard InChI is InChI=1S/C22H24FNO4S/c1-14(25)15-5-7-19(20(12-15)27-2)28-10-3-4-22(26)24-18-9-11-29-21-8-6-16(23)13-17(18)21/h5-8,12-13,18H,3-4,9-11H2,1-2H3,(H,24,26)/t18-/m0/s1. The van der Waals surface area contributed by atoms with Crippen LogP contribution >= 0.6 is 11.8 Å². The second-order valence-corrected chi connectivity index (χ2v) is 7.95. The molecule has 1 aliphatic rings. The average molecular weight is 418 g/mol. The maximum absolute atomic E-state index is 13.6. The molecule has 7 heteroatoms. The topological polar surface area (TPSA) is 64.6 Å². The number of carbonyl (C=O) groups is 2. The van der Waals surface area contributed by atoms with Crippen LogP contribution in [-0.2, 0) is 4.79 Å². The molecule has 1 aliphatic heterocycles. The molecule has 0 aliphatic carbocycles. The van der Waals surface area contributed by atoms with Crippen molar-refractivity contribution in [3.05, 3.63) is 53.3 Å². The summed E-state index contributed by atoms with van der Waals surface area (Å²) in [6, 6.07) is 9.59. The van der Waals surface area contributed by atoms with Crippen molar-refractivity contribution in [1.29, 1.82) is 0 Å². The van der Waals surface area contributed by atoms with E-state index in [2.05, 4.69) is 5.32 Å². The lowest BCUT2D eigenvalue weighted by molar-refractivity contribution is -0.122. The van der Waals surface area contributed by atoms with Gasteiger partial charge in [-0.3, -0.25) is 9.59 Å². The van der Waals surface area contributed by atoms with E-state index in [0.717, 1.165) is 22.6 Å². The van der Waals surface area contributed by atoms with E-state index < -0.39 is 0 Å². The summed E-state index contributed by atoms with van der Waals surface area (Å²) in [7, 11) is 1.52. The zero-order valence-electron chi connectivity index (χ0n) is 16.5. The van der Waals surface area contributed by atoms with E-state index in [4.69, 9.17) is 9.47 Å². The number of carbonyl (C=O) groups excluding carboxylic acids is 2.